The largest absolute Gasteiger partial charge is 0.350 e. The molecule has 0 radical (unpaired) electrons. The molecule has 6 nitrogen and oxygen atoms in total. The molecule has 0 unspecified atom stereocenters. The molecular formula is C17H26FN3O3S. The number of benzene rings is 1. The van der Waals surface area contributed by atoms with Gasteiger partial charge in [0.2, 0.25) is 15.9 Å². The molecule has 25 heavy (non-hydrogen) atoms. The van der Waals surface area contributed by atoms with Crippen LogP contribution in [0, 0.1) is 5.82 Å². The van der Waals surface area contributed by atoms with E-state index in [9.17, 15) is 17.6 Å². The topological polar surface area (TPSA) is 69.7 Å². The summed E-state index contributed by atoms with van der Waals surface area (Å²) in [7, 11) is -3.64. The highest BCUT2D eigenvalue weighted by molar-refractivity contribution is 7.89. The van der Waals surface area contributed by atoms with Crippen LogP contribution in [-0.4, -0.2) is 61.3 Å². The van der Waals surface area contributed by atoms with Crippen molar-refractivity contribution in [3.63, 3.8) is 0 Å². The monoisotopic (exact) mass is 371 g/mol. The van der Waals surface area contributed by atoms with Crippen LogP contribution in [0.3, 0.4) is 0 Å². The summed E-state index contributed by atoms with van der Waals surface area (Å²) in [6.45, 7) is 9.13. The quantitative estimate of drug-likeness (QED) is 0.869. The first-order valence-corrected chi connectivity index (χ1v) is 9.76. The molecule has 1 amide bonds. The zero-order chi connectivity index (χ0) is 18.8. The molecule has 1 aliphatic rings. The van der Waals surface area contributed by atoms with E-state index in [4.69, 9.17) is 0 Å². The van der Waals surface area contributed by atoms with Gasteiger partial charge in [0, 0.05) is 31.7 Å². The number of carbonyl (C=O) groups is 1. The minimum Gasteiger partial charge on any atom is -0.350 e. The number of nitrogens with one attached hydrogen (secondary N) is 1. The van der Waals surface area contributed by atoms with Gasteiger partial charge in [-0.05, 0) is 52.0 Å². The van der Waals surface area contributed by atoms with Crippen molar-refractivity contribution < 1.29 is 17.6 Å². The van der Waals surface area contributed by atoms with Gasteiger partial charge in [-0.15, -0.1) is 0 Å². The average molecular weight is 371 g/mol. The van der Waals surface area contributed by atoms with Gasteiger partial charge in [0.15, 0.2) is 0 Å². The Bertz CT molecular complexity index is 706. The number of nitrogens with zero attached hydrogens (tertiary/aromatic N) is 2. The van der Waals surface area contributed by atoms with Crippen molar-refractivity contribution in [3.05, 3.63) is 30.1 Å². The number of rotatable bonds is 4. The summed E-state index contributed by atoms with van der Waals surface area (Å²) in [4.78, 5) is 14.3. The fraction of sp³-hybridized carbons (Fsp3) is 0.588. The van der Waals surface area contributed by atoms with Gasteiger partial charge in [0.05, 0.1) is 10.9 Å². The third kappa shape index (κ3) is 4.99. The second-order valence-electron chi connectivity index (χ2n) is 7.31. The Labute approximate surface area is 149 Å². The van der Waals surface area contributed by atoms with E-state index < -0.39 is 15.8 Å². The minimum absolute atomic E-state index is 0.0673. The van der Waals surface area contributed by atoms with Crippen molar-refractivity contribution in [1.82, 2.24) is 14.5 Å². The summed E-state index contributed by atoms with van der Waals surface area (Å²) >= 11 is 0. The molecule has 1 fully saturated rings. The molecule has 8 heteroatoms. The molecular weight excluding hydrogens is 345 g/mol. The van der Waals surface area contributed by atoms with Gasteiger partial charge in [-0.2, -0.15) is 4.31 Å². The van der Waals surface area contributed by atoms with Crippen molar-refractivity contribution in [2.24, 2.45) is 0 Å². The smallest absolute Gasteiger partial charge is 0.243 e. The van der Waals surface area contributed by atoms with E-state index in [1.54, 1.807) is 0 Å². The Morgan fingerprint density at radius 2 is 1.64 bits per heavy atom. The predicted molar refractivity (Wildman–Crippen MR) is 94.1 cm³/mol. The minimum atomic E-state index is -3.64. The standard InChI is InChI=1S/C17H26FN3O3S/c1-13(16(22)19-17(2,3)4)20-9-11-21(12-10-20)25(23,24)15-7-5-14(18)6-8-15/h5-8,13H,9-12H2,1-4H3,(H,19,22)/t13-/m1/s1. The zero-order valence-electron chi connectivity index (χ0n) is 15.1. The number of hydrogen-bond donors (Lipinski definition) is 1. The summed E-state index contributed by atoms with van der Waals surface area (Å²) in [5.41, 5.74) is -0.306. The molecule has 1 saturated heterocycles. The summed E-state index contributed by atoms with van der Waals surface area (Å²) in [5.74, 6) is -0.537. The maximum atomic E-state index is 13.0. The van der Waals surface area contributed by atoms with Crippen LogP contribution in [0.15, 0.2) is 29.2 Å². The second-order valence-corrected chi connectivity index (χ2v) is 9.25. The summed E-state index contributed by atoms with van der Waals surface area (Å²) < 4.78 is 39.6. The summed E-state index contributed by atoms with van der Waals surface area (Å²) in [6, 6.07) is 4.51. The second kappa shape index (κ2) is 7.39. The molecule has 1 aromatic carbocycles. The first-order chi connectivity index (χ1) is 11.5. The fourth-order valence-corrected chi connectivity index (χ4v) is 4.15. The molecule has 0 saturated carbocycles. The molecule has 1 atom stereocenters. The van der Waals surface area contributed by atoms with Crippen molar-refractivity contribution in [1.29, 1.82) is 0 Å². The van der Waals surface area contributed by atoms with Crippen LogP contribution in [0.5, 0.6) is 0 Å². The maximum absolute atomic E-state index is 13.0. The molecule has 1 aromatic rings. The number of carbonyl (C=O) groups excluding carboxylic acids is 1. The first-order valence-electron chi connectivity index (χ1n) is 8.32. The lowest BCUT2D eigenvalue weighted by Gasteiger charge is -2.37. The van der Waals surface area contributed by atoms with Crippen molar-refractivity contribution in [3.8, 4) is 0 Å². The van der Waals surface area contributed by atoms with E-state index in [0.717, 1.165) is 12.1 Å². The highest BCUT2D eigenvalue weighted by atomic mass is 32.2. The molecule has 2 rings (SSSR count). The van der Waals surface area contributed by atoms with Crippen LogP contribution in [0.25, 0.3) is 0 Å². The van der Waals surface area contributed by atoms with Gasteiger partial charge >= 0.3 is 0 Å². The van der Waals surface area contributed by atoms with E-state index >= 15 is 0 Å². The lowest BCUT2D eigenvalue weighted by molar-refractivity contribution is -0.127. The van der Waals surface area contributed by atoms with Crippen LogP contribution in [-0.2, 0) is 14.8 Å². The third-order valence-corrected chi connectivity index (χ3v) is 6.06. The van der Waals surface area contributed by atoms with Crippen LogP contribution in [0.2, 0.25) is 0 Å². The SMILES string of the molecule is C[C@H](C(=O)NC(C)(C)C)N1CCN(S(=O)(=O)c2ccc(F)cc2)CC1. The summed E-state index contributed by atoms with van der Waals surface area (Å²) in [6.07, 6.45) is 0. The van der Waals surface area contributed by atoms with E-state index in [1.165, 1.54) is 16.4 Å². The number of hydrogen-bond acceptors (Lipinski definition) is 4. The van der Waals surface area contributed by atoms with Gasteiger partial charge in [-0.1, -0.05) is 0 Å². The fourth-order valence-electron chi connectivity index (χ4n) is 2.73. The lowest BCUT2D eigenvalue weighted by atomic mass is 10.1. The normalized spacial score (nSPS) is 18.8. The molecule has 1 heterocycles. The Morgan fingerprint density at radius 1 is 1.12 bits per heavy atom. The molecule has 1 N–H and O–H groups in total. The first kappa shape index (κ1) is 19.8. The Balaban J connectivity index is 1.99. The van der Waals surface area contributed by atoms with Crippen LogP contribution in [0.4, 0.5) is 4.39 Å². The van der Waals surface area contributed by atoms with Crippen molar-refractivity contribution >= 4 is 15.9 Å². The molecule has 1 aliphatic heterocycles. The number of piperazine rings is 1. The number of halogens is 1. The van der Waals surface area contributed by atoms with Gasteiger partial charge in [-0.3, -0.25) is 9.69 Å². The number of amides is 1. The van der Waals surface area contributed by atoms with Crippen molar-refractivity contribution in [2.45, 2.75) is 44.2 Å². The highest BCUT2D eigenvalue weighted by Gasteiger charge is 2.32. The van der Waals surface area contributed by atoms with E-state index in [0.29, 0.717) is 26.2 Å². The van der Waals surface area contributed by atoms with Crippen molar-refractivity contribution in [2.75, 3.05) is 26.2 Å². The summed E-state index contributed by atoms with van der Waals surface area (Å²) in [5, 5.41) is 2.94. The van der Waals surface area contributed by atoms with E-state index in [1.807, 2.05) is 32.6 Å². The van der Waals surface area contributed by atoms with E-state index in [-0.39, 0.29) is 22.4 Å². The zero-order valence-corrected chi connectivity index (χ0v) is 15.9. The van der Waals surface area contributed by atoms with E-state index in [2.05, 4.69) is 5.32 Å². The highest BCUT2D eigenvalue weighted by Crippen LogP contribution is 2.19. The van der Waals surface area contributed by atoms with Gasteiger partial charge in [0.25, 0.3) is 0 Å². The molecule has 0 aliphatic carbocycles. The predicted octanol–water partition coefficient (Wildman–Crippen LogP) is 1.44. The Hall–Kier alpha value is -1.51. The van der Waals surface area contributed by atoms with Crippen LogP contribution >= 0.6 is 0 Å². The number of sulfonamides is 1. The van der Waals surface area contributed by atoms with Gasteiger partial charge < -0.3 is 5.32 Å². The molecule has 0 bridgehead atoms. The lowest BCUT2D eigenvalue weighted by Crippen LogP contribution is -2.56. The Kier molecular flexibility index (Phi) is 5.86. The maximum Gasteiger partial charge on any atom is 0.243 e. The van der Waals surface area contributed by atoms with Gasteiger partial charge in [0.1, 0.15) is 5.82 Å². The third-order valence-electron chi connectivity index (χ3n) is 4.15. The van der Waals surface area contributed by atoms with Gasteiger partial charge in [-0.25, -0.2) is 12.8 Å². The molecule has 0 aromatic heterocycles. The van der Waals surface area contributed by atoms with Crippen LogP contribution in [0.1, 0.15) is 27.7 Å². The average Bonchev–Trinajstić information content (AvgIpc) is 2.53. The van der Waals surface area contributed by atoms with Crippen LogP contribution < -0.4 is 5.32 Å². The molecule has 140 valence electrons. The Morgan fingerprint density at radius 3 is 2.12 bits per heavy atom. The molecule has 0 spiro atoms.